The number of benzene rings is 1. The van der Waals surface area contributed by atoms with Crippen LogP contribution in [0.4, 0.5) is 5.82 Å². The van der Waals surface area contributed by atoms with Crippen LogP contribution in [0, 0.1) is 0 Å². The van der Waals surface area contributed by atoms with Crippen molar-refractivity contribution >= 4 is 5.82 Å². The number of H-pyrrole nitrogens is 1. The van der Waals surface area contributed by atoms with Gasteiger partial charge in [-0.25, -0.2) is 4.98 Å². The van der Waals surface area contributed by atoms with E-state index in [2.05, 4.69) is 15.1 Å². The second-order valence-electron chi connectivity index (χ2n) is 4.05. The average Bonchev–Trinajstić information content (AvgIpc) is 3.02. The third kappa shape index (κ3) is 1.57. The molecule has 0 atom stereocenters. The molecule has 5 nitrogen and oxygen atoms in total. The Labute approximate surface area is 104 Å². The first-order valence-corrected chi connectivity index (χ1v) is 5.64. The van der Waals surface area contributed by atoms with Crippen molar-refractivity contribution in [3.05, 3.63) is 42.9 Å². The van der Waals surface area contributed by atoms with Crippen molar-refractivity contribution < 1.29 is 0 Å². The van der Waals surface area contributed by atoms with Crippen LogP contribution in [-0.4, -0.2) is 19.7 Å². The van der Waals surface area contributed by atoms with E-state index in [-0.39, 0.29) is 0 Å². The van der Waals surface area contributed by atoms with Crippen LogP contribution in [0.1, 0.15) is 0 Å². The largest absolute Gasteiger partial charge is 0.383 e. The lowest BCUT2D eigenvalue weighted by Crippen LogP contribution is -1.98. The van der Waals surface area contributed by atoms with E-state index in [9.17, 15) is 0 Å². The second-order valence-corrected chi connectivity index (χ2v) is 4.05. The van der Waals surface area contributed by atoms with Crippen molar-refractivity contribution in [3.63, 3.8) is 0 Å². The topological polar surface area (TPSA) is 72.5 Å². The lowest BCUT2D eigenvalue weighted by molar-refractivity contribution is 0.779. The van der Waals surface area contributed by atoms with Gasteiger partial charge in [0.2, 0.25) is 0 Å². The molecule has 3 N–H and O–H groups in total. The van der Waals surface area contributed by atoms with Gasteiger partial charge in [-0.3, -0.25) is 4.68 Å². The number of imidazole rings is 1. The Bertz CT molecular complexity index is 667. The number of hydrogen-bond donors (Lipinski definition) is 2. The minimum Gasteiger partial charge on any atom is -0.383 e. The molecule has 0 aliphatic rings. The molecule has 0 saturated carbocycles. The first-order valence-electron chi connectivity index (χ1n) is 5.64. The lowest BCUT2D eigenvalue weighted by Gasteiger charge is -2.06. The summed E-state index contributed by atoms with van der Waals surface area (Å²) < 4.78 is 1.66. The van der Waals surface area contributed by atoms with Crippen molar-refractivity contribution in [3.8, 4) is 22.5 Å². The number of aromatic nitrogens is 4. The summed E-state index contributed by atoms with van der Waals surface area (Å²) in [5.41, 5.74) is 8.99. The van der Waals surface area contributed by atoms with Crippen molar-refractivity contribution in [2.45, 2.75) is 0 Å². The van der Waals surface area contributed by atoms with E-state index in [0.29, 0.717) is 5.82 Å². The molecule has 2 aromatic heterocycles. The molecule has 2 heterocycles. The van der Waals surface area contributed by atoms with Crippen LogP contribution < -0.4 is 5.73 Å². The molecule has 1 aromatic carbocycles. The normalized spacial score (nSPS) is 10.7. The molecule has 5 heteroatoms. The Morgan fingerprint density at radius 3 is 2.56 bits per heavy atom. The molecule has 0 unspecified atom stereocenters. The maximum atomic E-state index is 6.03. The van der Waals surface area contributed by atoms with Gasteiger partial charge >= 0.3 is 0 Å². The first kappa shape index (κ1) is 10.6. The highest BCUT2D eigenvalue weighted by Crippen LogP contribution is 2.32. The van der Waals surface area contributed by atoms with E-state index < -0.39 is 0 Å². The summed E-state index contributed by atoms with van der Waals surface area (Å²) in [6, 6.07) is 7.99. The standard InChI is InChI=1S/C13H13N5/c1-18-12(14)11(8-17-18)9-4-2-3-5-10(9)13-15-6-7-16-13/h2-8H,14H2,1H3,(H,15,16). The zero-order chi connectivity index (χ0) is 12.5. The molecule has 3 aromatic rings. The van der Waals surface area contributed by atoms with Gasteiger partial charge in [0.15, 0.2) is 0 Å². The van der Waals surface area contributed by atoms with Crippen LogP contribution in [-0.2, 0) is 7.05 Å². The number of hydrogen-bond acceptors (Lipinski definition) is 3. The minimum absolute atomic E-state index is 0.647. The zero-order valence-electron chi connectivity index (χ0n) is 9.96. The molecule has 90 valence electrons. The second kappa shape index (κ2) is 4.03. The predicted octanol–water partition coefficient (Wildman–Crippen LogP) is 2.06. The summed E-state index contributed by atoms with van der Waals surface area (Å²) in [6.07, 6.45) is 5.31. The van der Waals surface area contributed by atoms with Gasteiger partial charge in [-0.2, -0.15) is 5.10 Å². The quantitative estimate of drug-likeness (QED) is 0.719. The van der Waals surface area contributed by atoms with E-state index in [4.69, 9.17) is 5.73 Å². The third-order valence-electron chi connectivity index (χ3n) is 2.96. The summed E-state index contributed by atoms with van der Waals surface area (Å²) in [5.74, 6) is 1.47. The SMILES string of the molecule is Cn1ncc(-c2ccccc2-c2ncc[nH]2)c1N. The molecular weight excluding hydrogens is 226 g/mol. The van der Waals surface area contributed by atoms with Crippen molar-refractivity contribution in [2.24, 2.45) is 7.05 Å². The fourth-order valence-corrected chi connectivity index (χ4v) is 1.99. The van der Waals surface area contributed by atoms with Crippen LogP contribution in [0.25, 0.3) is 22.5 Å². The van der Waals surface area contributed by atoms with E-state index >= 15 is 0 Å². The van der Waals surface area contributed by atoms with Gasteiger partial charge in [-0.1, -0.05) is 24.3 Å². The zero-order valence-corrected chi connectivity index (χ0v) is 9.96. The Balaban J connectivity index is 2.22. The summed E-state index contributed by atoms with van der Waals surface area (Å²) in [4.78, 5) is 7.40. The van der Waals surface area contributed by atoms with Gasteiger partial charge in [-0.05, 0) is 5.56 Å². The summed E-state index contributed by atoms with van der Waals surface area (Å²) in [5, 5.41) is 4.18. The lowest BCUT2D eigenvalue weighted by atomic mass is 10.0. The van der Waals surface area contributed by atoms with E-state index in [1.165, 1.54) is 0 Å². The van der Waals surface area contributed by atoms with Gasteiger partial charge in [0.1, 0.15) is 11.6 Å². The number of nitrogens with one attached hydrogen (secondary N) is 1. The highest BCUT2D eigenvalue weighted by atomic mass is 15.3. The Hall–Kier alpha value is -2.56. The van der Waals surface area contributed by atoms with E-state index in [1.807, 2.05) is 31.3 Å². The molecule has 0 radical (unpaired) electrons. The molecule has 0 aliphatic heterocycles. The maximum Gasteiger partial charge on any atom is 0.137 e. The molecule has 0 aliphatic carbocycles. The molecule has 0 amide bonds. The molecule has 0 spiro atoms. The number of nitrogens with zero attached hydrogens (tertiary/aromatic N) is 3. The number of nitrogens with two attached hydrogens (primary N) is 1. The van der Waals surface area contributed by atoms with E-state index in [0.717, 1.165) is 22.5 Å². The third-order valence-corrected chi connectivity index (χ3v) is 2.96. The maximum absolute atomic E-state index is 6.03. The molecule has 3 rings (SSSR count). The highest BCUT2D eigenvalue weighted by molar-refractivity contribution is 5.85. The molecular formula is C13H13N5. The van der Waals surface area contributed by atoms with Gasteiger partial charge in [0.25, 0.3) is 0 Å². The fourth-order valence-electron chi connectivity index (χ4n) is 1.99. The smallest absolute Gasteiger partial charge is 0.137 e. The van der Waals surface area contributed by atoms with Crippen LogP contribution in [0.3, 0.4) is 0 Å². The number of aromatic amines is 1. The Morgan fingerprint density at radius 2 is 1.94 bits per heavy atom. The number of nitrogen functional groups attached to an aromatic ring is 1. The summed E-state index contributed by atoms with van der Waals surface area (Å²) >= 11 is 0. The number of rotatable bonds is 2. The molecule has 0 fully saturated rings. The van der Waals surface area contributed by atoms with E-state index in [1.54, 1.807) is 23.3 Å². The highest BCUT2D eigenvalue weighted by Gasteiger charge is 2.13. The van der Waals surface area contributed by atoms with Gasteiger partial charge in [-0.15, -0.1) is 0 Å². The summed E-state index contributed by atoms with van der Waals surface area (Å²) in [7, 11) is 1.83. The monoisotopic (exact) mass is 239 g/mol. The molecule has 0 saturated heterocycles. The average molecular weight is 239 g/mol. The number of anilines is 1. The van der Waals surface area contributed by atoms with Gasteiger partial charge in [0, 0.05) is 30.6 Å². The van der Waals surface area contributed by atoms with Gasteiger partial charge < -0.3 is 10.7 Å². The number of aryl methyl sites for hydroxylation is 1. The molecule has 18 heavy (non-hydrogen) atoms. The Morgan fingerprint density at radius 1 is 1.17 bits per heavy atom. The van der Waals surface area contributed by atoms with Crippen LogP contribution >= 0.6 is 0 Å². The predicted molar refractivity (Wildman–Crippen MR) is 70.6 cm³/mol. The van der Waals surface area contributed by atoms with Crippen molar-refractivity contribution in [1.82, 2.24) is 19.7 Å². The fraction of sp³-hybridized carbons (Fsp3) is 0.0769. The van der Waals surface area contributed by atoms with Crippen LogP contribution in [0.2, 0.25) is 0 Å². The van der Waals surface area contributed by atoms with Crippen LogP contribution in [0.5, 0.6) is 0 Å². The Kier molecular flexibility index (Phi) is 2.37. The van der Waals surface area contributed by atoms with Crippen molar-refractivity contribution in [1.29, 1.82) is 0 Å². The minimum atomic E-state index is 0.647. The first-order chi connectivity index (χ1) is 8.77. The van der Waals surface area contributed by atoms with Crippen LogP contribution in [0.15, 0.2) is 42.9 Å². The van der Waals surface area contributed by atoms with Gasteiger partial charge in [0.05, 0.1) is 6.20 Å². The van der Waals surface area contributed by atoms with Crippen molar-refractivity contribution in [2.75, 3.05) is 5.73 Å². The summed E-state index contributed by atoms with van der Waals surface area (Å²) in [6.45, 7) is 0. The molecule has 0 bridgehead atoms.